The largest absolute Gasteiger partial charge is 0.490 e. The van der Waals surface area contributed by atoms with Gasteiger partial charge in [0, 0.05) is 36.5 Å². The number of nitrogens with zero attached hydrogens (tertiary/aromatic N) is 4. The minimum atomic E-state index is -0.943. The lowest BCUT2D eigenvalue weighted by Crippen LogP contribution is -2.44. The van der Waals surface area contributed by atoms with Crippen LogP contribution < -0.4 is 9.47 Å². The topological polar surface area (TPSA) is 98.9 Å². The van der Waals surface area contributed by atoms with E-state index in [9.17, 15) is 9.90 Å². The average Bonchev–Trinajstić information content (AvgIpc) is 3.28. The standard InChI is InChI=1S/C31H32Cl2N4O5/c1-19-12-24(42-23-6-9-34-22(15-23)18-41-29-5-3-21(32)14-26(29)33)7-10-36(19)17-30-35-27-4-2-20(31(38)39)13-28(27)37(30)16-25-8-11-40-25/h2-6,9,13-15,19,24-25H,7-8,10-12,16-18H2,1H3,(H,38,39)/t19-,24+,25-/m0/s1. The van der Waals surface area contributed by atoms with Crippen LogP contribution in [0.5, 0.6) is 11.5 Å². The van der Waals surface area contributed by atoms with Crippen molar-refractivity contribution >= 4 is 40.2 Å². The Labute approximate surface area is 253 Å². The smallest absolute Gasteiger partial charge is 0.335 e. The number of carbonyl (C=O) groups is 1. The minimum absolute atomic E-state index is 0.0680. The first-order valence-corrected chi connectivity index (χ1v) is 14.9. The fourth-order valence-corrected chi connectivity index (χ4v) is 5.97. The van der Waals surface area contributed by atoms with Gasteiger partial charge < -0.3 is 23.9 Å². The molecule has 3 atom stereocenters. The molecule has 0 aliphatic carbocycles. The van der Waals surface area contributed by atoms with Gasteiger partial charge in [0.1, 0.15) is 30.0 Å². The van der Waals surface area contributed by atoms with Crippen LogP contribution in [0.25, 0.3) is 11.0 Å². The van der Waals surface area contributed by atoms with E-state index in [0.717, 1.165) is 60.7 Å². The Kier molecular flexibility index (Phi) is 8.53. The molecule has 6 rings (SSSR count). The number of likely N-dealkylation sites (tertiary alicyclic amines) is 1. The fourth-order valence-electron chi connectivity index (χ4n) is 5.51. The fraction of sp³-hybridized carbons (Fsp3) is 0.387. The van der Waals surface area contributed by atoms with Gasteiger partial charge in [-0.1, -0.05) is 23.2 Å². The summed E-state index contributed by atoms with van der Waals surface area (Å²) in [5.74, 6) is 1.29. The van der Waals surface area contributed by atoms with Gasteiger partial charge in [0.25, 0.3) is 0 Å². The zero-order valence-corrected chi connectivity index (χ0v) is 24.7. The molecular weight excluding hydrogens is 579 g/mol. The van der Waals surface area contributed by atoms with E-state index in [1.165, 1.54) is 0 Å². The second-order valence-electron chi connectivity index (χ2n) is 10.9. The summed E-state index contributed by atoms with van der Waals surface area (Å²) in [6.07, 6.45) is 4.65. The number of carboxylic acids is 1. The molecule has 2 fully saturated rings. The number of fused-ring (bicyclic) bond motifs is 1. The quantitative estimate of drug-likeness (QED) is 0.225. The normalized spacial score (nSPS) is 20.8. The molecule has 0 spiro atoms. The van der Waals surface area contributed by atoms with Crippen LogP contribution in [0.1, 0.15) is 48.1 Å². The summed E-state index contributed by atoms with van der Waals surface area (Å²) in [7, 11) is 0. The molecule has 0 radical (unpaired) electrons. The highest BCUT2D eigenvalue weighted by molar-refractivity contribution is 6.35. The number of ether oxygens (including phenoxy) is 3. The van der Waals surface area contributed by atoms with Crippen molar-refractivity contribution in [2.45, 2.75) is 64.1 Å². The lowest BCUT2D eigenvalue weighted by Gasteiger charge is -2.37. The van der Waals surface area contributed by atoms with E-state index >= 15 is 0 Å². The maximum atomic E-state index is 11.6. The molecule has 0 bridgehead atoms. The number of aromatic carboxylic acids is 1. The van der Waals surface area contributed by atoms with Crippen LogP contribution in [0.2, 0.25) is 10.0 Å². The molecule has 42 heavy (non-hydrogen) atoms. The number of carboxylic acid groups (broad SMARTS) is 1. The molecular formula is C31H32Cl2N4O5. The first-order chi connectivity index (χ1) is 20.3. The van der Waals surface area contributed by atoms with Crippen molar-refractivity contribution in [3.05, 3.63) is 81.9 Å². The number of hydrogen-bond donors (Lipinski definition) is 1. The Morgan fingerprint density at radius 1 is 1.14 bits per heavy atom. The van der Waals surface area contributed by atoms with Gasteiger partial charge in [-0.2, -0.15) is 0 Å². The SMILES string of the molecule is C[C@H]1C[C@H](Oc2ccnc(COc3ccc(Cl)cc3Cl)c2)CCN1Cc1nc2ccc(C(=O)O)cc2n1C[C@@H]1CCO1. The first kappa shape index (κ1) is 28.7. The third kappa shape index (κ3) is 6.49. The number of imidazole rings is 1. The molecule has 1 N–H and O–H groups in total. The van der Waals surface area contributed by atoms with Gasteiger partial charge in [-0.3, -0.25) is 9.88 Å². The van der Waals surface area contributed by atoms with E-state index in [4.69, 9.17) is 42.4 Å². The third-order valence-corrected chi connectivity index (χ3v) is 8.45. The molecule has 4 heterocycles. The van der Waals surface area contributed by atoms with Gasteiger partial charge in [0.2, 0.25) is 0 Å². The zero-order chi connectivity index (χ0) is 29.2. The number of pyridine rings is 1. The summed E-state index contributed by atoms with van der Waals surface area (Å²) >= 11 is 12.2. The van der Waals surface area contributed by atoms with Crippen LogP contribution in [0.4, 0.5) is 0 Å². The molecule has 4 aromatic rings. The Morgan fingerprint density at radius 3 is 2.74 bits per heavy atom. The van der Waals surface area contributed by atoms with Crippen LogP contribution in [0.3, 0.4) is 0 Å². The van der Waals surface area contributed by atoms with Crippen molar-refractivity contribution in [2.24, 2.45) is 0 Å². The van der Waals surface area contributed by atoms with Crippen molar-refractivity contribution in [1.29, 1.82) is 0 Å². The van der Waals surface area contributed by atoms with Gasteiger partial charge in [-0.05, 0) is 68.7 Å². The highest BCUT2D eigenvalue weighted by atomic mass is 35.5. The Balaban J connectivity index is 1.09. The maximum absolute atomic E-state index is 11.6. The Bertz CT molecular complexity index is 1590. The van der Waals surface area contributed by atoms with E-state index in [2.05, 4.69) is 21.4 Å². The molecule has 0 amide bonds. The molecule has 2 aromatic heterocycles. The Morgan fingerprint density at radius 2 is 2.00 bits per heavy atom. The van der Waals surface area contributed by atoms with E-state index in [0.29, 0.717) is 28.9 Å². The average molecular weight is 612 g/mol. The number of benzene rings is 2. The molecule has 2 aliphatic rings. The predicted octanol–water partition coefficient (Wildman–Crippen LogP) is 6.24. The molecule has 2 saturated heterocycles. The zero-order valence-electron chi connectivity index (χ0n) is 23.2. The summed E-state index contributed by atoms with van der Waals surface area (Å²) in [4.78, 5) is 23.3. The lowest BCUT2D eigenvalue weighted by atomic mass is 10.0. The number of rotatable bonds is 10. The van der Waals surface area contributed by atoms with Crippen LogP contribution >= 0.6 is 23.2 Å². The van der Waals surface area contributed by atoms with Gasteiger partial charge >= 0.3 is 5.97 Å². The summed E-state index contributed by atoms with van der Waals surface area (Å²) < 4.78 is 20.1. The first-order valence-electron chi connectivity index (χ1n) is 14.1. The van der Waals surface area contributed by atoms with Crippen LogP contribution in [-0.2, 0) is 24.4 Å². The van der Waals surface area contributed by atoms with Gasteiger partial charge in [-0.25, -0.2) is 9.78 Å². The molecule has 220 valence electrons. The van der Waals surface area contributed by atoms with Crippen molar-refractivity contribution in [1.82, 2.24) is 19.4 Å². The molecule has 2 aliphatic heterocycles. The van der Waals surface area contributed by atoms with E-state index in [-0.39, 0.29) is 30.4 Å². The van der Waals surface area contributed by atoms with Crippen LogP contribution in [0.15, 0.2) is 54.7 Å². The molecule has 0 saturated carbocycles. The van der Waals surface area contributed by atoms with Crippen LogP contribution in [0, 0.1) is 0 Å². The number of piperidine rings is 1. The van der Waals surface area contributed by atoms with E-state index in [1.807, 2.05) is 12.1 Å². The Hall–Kier alpha value is -3.37. The third-order valence-electron chi connectivity index (χ3n) is 7.92. The second-order valence-corrected chi connectivity index (χ2v) is 11.7. The summed E-state index contributed by atoms with van der Waals surface area (Å²) in [6.45, 7) is 5.42. The van der Waals surface area contributed by atoms with E-state index in [1.54, 1.807) is 42.6 Å². The number of aromatic nitrogens is 3. The lowest BCUT2D eigenvalue weighted by molar-refractivity contribution is -0.0593. The van der Waals surface area contributed by atoms with Crippen LogP contribution in [-0.4, -0.2) is 61.9 Å². The number of hydrogen-bond acceptors (Lipinski definition) is 7. The monoisotopic (exact) mass is 610 g/mol. The van der Waals surface area contributed by atoms with Crippen molar-refractivity contribution in [3.63, 3.8) is 0 Å². The van der Waals surface area contributed by atoms with E-state index < -0.39 is 5.97 Å². The van der Waals surface area contributed by atoms with Crippen molar-refractivity contribution < 1.29 is 24.1 Å². The summed E-state index contributed by atoms with van der Waals surface area (Å²) in [5.41, 5.74) is 2.64. The highest BCUT2D eigenvalue weighted by Gasteiger charge is 2.29. The maximum Gasteiger partial charge on any atom is 0.335 e. The summed E-state index contributed by atoms with van der Waals surface area (Å²) in [6, 6.07) is 14.3. The van der Waals surface area contributed by atoms with Gasteiger partial charge in [-0.15, -0.1) is 0 Å². The molecule has 11 heteroatoms. The van der Waals surface area contributed by atoms with Gasteiger partial charge in [0.15, 0.2) is 0 Å². The molecule has 9 nitrogen and oxygen atoms in total. The highest BCUT2D eigenvalue weighted by Crippen LogP contribution is 2.30. The second kappa shape index (κ2) is 12.5. The molecule has 2 aromatic carbocycles. The van der Waals surface area contributed by atoms with Crippen molar-refractivity contribution in [2.75, 3.05) is 13.2 Å². The number of halogens is 2. The predicted molar refractivity (Wildman–Crippen MR) is 160 cm³/mol. The molecule has 0 unspecified atom stereocenters. The van der Waals surface area contributed by atoms with Crippen molar-refractivity contribution in [3.8, 4) is 11.5 Å². The summed E-state index contributed by atoms with van der Waals surface area (Å²) in [5, 5.41) is 10.5. The van der Waals surface area contributed by atoms with Gasteiger partial charge in [0.05, 0.1) is 46.5 Å². The minimum Gasteiger partial charge on any atom is -0.490 e.